The highest BCUT2D eigenvalue weighted by Gasteiger charge is 2.65. The molecule has 2 aliphatic rings. The van der Waals surface area contributed by atoms with E-state index in [1.807, 2.05) is 0 Å². The molecule has 1 aromatic heterocycles. The summed E-state index contributed by atoms with van der Waals surface area (Å²) in [6, 6.07) is 1.24. The summed E-state index contributed by atoms with van der Waals surface area (Å²) >= 11 is 0. The number of hydrogen-bond acceptors (Lipinski definition) is 6. The van der Waals surface area contributed by atoms with Crippen molar-refractivity contribution in [3.63, 3.8) is 0 Å². The molecule has 1 aromatic rings. The van der Waals surface area contributed by atoms with Crippen LogP contribution in [0.15, 0.2) is 21.9 Å². The second-order valence-corrected chi connectivity index (χ2v) is 6.44. The van der Waals surface area contributed by atoms with E-state index in [0.717, 1.165) is 0 Å². The molecule has 3 rings (SSSR count). The van der Waals surface area contributed by atoms with Crippen LogP contribution in [0.3, 0.4) is 0 Å². The summed E-state index contributed by atoms with van der Waals surface area (Å²) in [5, 5.41) is 9.96. The predicted octanol–water partition coefficient (Wildman–Crippen LogP) is -0.275. The summed E-state index contributed by atoms with van der Waals surface area (Å²) in [6.07, 6.45) is -1.44. The lowest BCUT2D eigenvalue weighted by Gasteiger charge is -2.30. The van der Waals surface area contributed by atoms with Gasteiger partial charge in [0, 0.05) is 12.3 Å². The Morgan fingerprint density at radius 3 is 2.64 bits per heavy atom. The van der Waals surface area contributed by atoms with E-state index in [4.69, 9.17) is 14.2 Å². The molecule has 0 radical (unpaired) electrons. The summed E-state index contributed by atoms with van der Waals surface area (Å²) in [6.45, 7) is 6.90. The van der Waals surface area contributed by atoms with Gasteiger partial charge in [0.25, 0.3) is 5.56 Å². The Hall–Kier alpha value is -1.48. The van der Waals surface area contributed by atoms with Gasteiger partial charge >= 0.3 is 5.69 Å². The lowest BCUT2D eigenvalue weighted by molar-refractivity contribution is -0.222. The molecular formula is C14H20N2O6. The van der Waals surface area contributed by atoms with Crippen molar-refractivity contribution >= 4 is 0 Å². The molecule has 2 fully saturated rings. The SMILES string of the molecule is C[C@@H](O)[C@H]1O[C@@H](n2ccc(=O)[nH]c2=O)[C@]2(C)OC(C)(C)O[C@H]12. The molecule has 2 N–H and O–H groups in total. The number of aliphatic hydroxyl groups excluding tert-OH is 1. The maximum absolute atomic E-state index is 12.1. The van der Waals surface area contributed by atoms with Gasteiger partial charge in [-0.25, -0.2) is 4.79 Å². The predicted molar refractivity (Wildman–Crippen MR) is 75.4 cm³/mol. The minimum Gasteiger partial charge on any atom is -0.391 e. The van der Waals surface area contributed by atoms with Crippen molar-refractivity contribution in [3.05, 3.63) is 33.1 Å². The number of aromatic nitrogens is 2. The lowest BCUT2D eigenvalue weighted by atomic mass is 9.94. The minimum absolute atomic E-state index is 0.489. The molecule has 5 atom stereocenters. The third-order valence-electron chi connectivity index (χ3n) is 4.10. The van der Waals surface area contributed by atoms with Gasteiger partial charge in [-0.1, -0.05) is 0 Å². The number of fused-ring (bicyclic) bond motifs is 1. The van der Waals surface area contributed by atoms with Gasteiger partial charge < -0.3 is 19.3 Å². The van der Waals surface area contributed by atoms with Crippen LogP contribution in [0.4, 0.5) is 0 Å². The number of aromatic amines is 1. The molecule has 0 saturated carbocycles. The van der Waals surface area contributed by atoms with Crippen LogP contribution < -0.4 is 11.2 Å². The first-order valence-electron chi connectivity index (χ1n) is 7.17. The van der Waals surface area contributed by atoms with Crippen LogP contribution in [-0.2, 0) is 14.2 Å². The third-order valence-corrected chi connectivity index (χ3v) is 4.10. The van der Waals surface area contributed by atoms with E-state index in [1.54, 1.807) is 27.7 Å². The van der Waals surface area contributed by atoms with Gasteiger partial charge in [0.15, 0.2) is 12.0 Å². The molecule has 0 unspecified atom stereocenters. The van der Waals surface area contributed by atoms with E-state index in [0.29, 0.717) is 0 Å². The van der Waals surface area contributed by atoms with Gasteiger partial charge in [0.2, 0.25) is 0 Å². The summed E-state index contributed by atoms with van der Waals surface area (Å²) < 4.78 is 18.9. The summed E-state index contributed by atoms with van der Waals surface area (Å²) in [5.74, 6) is -0.861. The fraction of sp³-hybridized carbons (Fsp3) is 0.714. The van der Waals surface area contributed by atoms with Crippen LogP contribution in [0.1, 0.15) is 33.9 Å². The van der Waals surface area contributed by atoms with Gasteiger partial charge in [-0.3, -0.25) is 14.3 Å². The Bertz CT molecular complexity index is 693. The van der Waals surface area contributed by atoms with Gasteiger partial charge in [0.05, 0.1) is 6.10 Å². The fourth-order valence-corrected chi connectivity index (χ4v) is 3.29. The second kappa shape index (κ2) is 4.76. The molecule has 0 aliphatic carbocycles. The number of nitrogens with zero attached hydrogens (tertiary/aromatic N) is 1. The van der Waals surface area contributed by atoms with Gasteiger partial charge in [0.1, 0.15) is 17.8 Å². The standard InChI is InChI=1S/C14H20N2O6/c1-7(17)9-10-14(4,22-13(2,3)21-10)11(20-9)16-6-5-8(18)15-12(16)19/h5-7,9-11,17H,1-4H3,(H,15,18,19)/t7-,9-,10-,11-,14-/m1/s1. The highest BCUT2D eigenvalue weighted by atomic mass is 16.8. The van der Waals surface area contributed by atoms with Crippen LogP contribution >= 0.6 is 0 Å². The normalized spacial score (nSPS) is 38.0. The highest BCUT2D eigenvalue weighted by Crippen LogP contribution is 2.51. The third kappa shape index (κ3) is 2.23. The number of nitrogens with one attached hydrogen (secondary N) is 1. The Balaban J connectivity index is 2.08. The van der Waals surface area contributed by atoms with Crippen LogP contribution in [-0.4, -0.2) is 44.4 Å². The van der Waals surface area contributed by atoms with E-state index < -0.39 is 47.2 Å². The van der Waals surface area contributed by atoms with Crippen molar-refractivity contribution in [2.75, 3.05) is 0 Å². The van der Waals surface area contributed by atoms with E-state index in [1.165, 1.54) is 16.8 Å². The van der Waals surface area contributed by atoms with E-state index >= 15 is 0 Å². The molecular weight excluding hydrogens is 292 g/mol. The first-order chi connectivity index (χ1) is 10.1. The second-order valence-electron chi connectivity index (χ2n) is 6.44. The smallest absolute Gasteiger partial charge is 0.330 e. The van der Waals surface area contributed by atoms with E-state index in [9.17, 15) is 14.7 Å². The maximum Gasteiger partial charge on any atom is 0.330 e. The van der Waals surface area contributed by atoms with Crippen molar-refractivity contribution in [3.8, 4) is 0 Å². The van der Waals surface area contributed by atoms with E-state index in [2.05, 4.69) is 4.98 Å². The van der Waals surface area contributed by atoms with Gasteiger partial charge in [-0.05, 0) is 27.7 Å². The van der Waals surface area contributed by atoms with Crippen molar-refractivity contribution < 1.29 is 19.3 Å². The van der Waals surface area contributed by atoms with Crippen LogP contribution in [0, 0.1) is 0 Å². The number of aliphatic hydroxyl groups is 1. The minimum atomic E-state index is -0.965. The maximum atomic E-state index is 12.1. The molecule has 22 heavy (non-hydrogen) atoms. The van der Waals surface area contributed by atoms with Crippen molar-refractivity contribution in [1.82, 2.24) is 9.55 Å². The number of ether oxygens (including phenoxy) is 3. The zero-order valence-electron chi connectivity index (χ0n) is 12.9. The zero-order chi connectivity index (χ0) is 16.3. The summed E-state index contributed by atoms with van der Waals surface area (Å²) in [4.78, 5) is 25.5. The van der Waals surface area contributed by atoms with Crippen molar-refractivity contribution in [1.29, 1.82) is 0 Å². The fourth-order valence-electron chi connectivity index (χ4n) is 3.29. The molecule has 0 spiro atoms. The van der Waals surface area contributed by atoms with E-state index in [-0.39, 0.29) is 0 Å². The molecule has 2 saturated heterocycles. The van der Waals surface area contributed by atoms with Crippen molar-refractivity contribution in [2.24, 2.45) is 0 Å². The molecule has 3 heterocycles. The molecule has 122 valence electrons. The topological polar surface area (TPSA) is 103 Å². The zero-order valence-corrected chi connectivity index (χ0v) is 12.9. The lowest BCUT2D eigenvalue weighted by Crippen LogP contribution is -2.46. The van der Waals surface area contributed by atoms with Gasteiger partial charge in [-0.15, -0.1) is 0 Å². The average Bonchev–Trinajstić information content (AvgIpc) is 2.76. The number of rotatable bonds is 2. The monoisotopic (exact) mass is 312 g/mol. The van der Waals surface area contributed by atoms with Crippen molar-refractivity contribution in [2.45, 2.75) is 63.6 Å². The summed E-state index contributed by atoms with van der Waals surface area (Å²) in [5.41, 5.74) is -2.05. The summed E-state index contributed by atoms with van der Waals surface area (Å²) in [7, 11) is 0. The quantitative estimate of drug-likeness (QED) is 0.779. The first-order valence-corrected chi connectivity index (χ1v) is 7.17. The van der Waals surface area contributed by atoms with Crippen LogP contribution in [0.25, 0.3) is 0 Å². The number of hydrogen-bond donors (Lipinski definition) is 2. The first kappa shape index (κ1) is 15.4. The van der Waals surface area contributed by atoms with Crippen LogP contribution in [0.2, 0.25) is 0 Å². The Labute approximate surface area is 126 Å². The Kier molecular flexibility index (Phi) is 3.33. The molecule has 0 bridgehead atoms. The van der Waals surface area contributed by atoms with Gasteiger partial charge in [-0.2, -0.15) is 0 Å². The molecule has 0 amide bonds. The molecule has 8 heteroatoms. The largest absolute Gasteiger partial charge is 0.391 e. The Morgan fingerprint density at radius 2 is 2.05 bits per heavy atom. The molecule has 2 aliphatic heterocycles. The number of H-pyrrole nitrogens is 1. The molecule has 0 aromatic carbocycles. The Morgan fingerprint density at radius 1 is 1.36 bits per heavy atom. The molecule has 8 nitrogen and oxygen atoms in total. The average molecular weight is 312 g/mol. The van der Waals surface area contributed by atoms with Crippen LogP contribution in [0.5, 0.6) is 0 Å². The highest BCUT2D eigenvalue weighted by molar-refractivity contribution is 5.08.